The Labute approximate surface area is 74.4 Å². The van der Waals surface area contributed by atoms with Crippen LogP contribution in [0.25, 0.3) is 0 Å². The van der Waals surface area contributed by atoms with Gasteiger partial charge in [-0.1, -0.05) is 0 Å². The molecule has 1 saturated carbocycles. The lowest BCUT2D eigenvalue weighted by atomic mass is 9.90. The normalized spacial score (nSPS) is 39.9. The molecule has 0 bridgehead atoms. The lowest BCUT2D eigenvalue weighted by Gasteiger charge is -2.32. The zero-order chi connectivity index (χ0) is 10.0. The van der Waals surface area contributed by atoms with E-state index in [9.17, 15) is 4.79 Å². The van der Waals surface area contributed by atoms with Crippen LogP contribution in [0.5, 0.6) is 0 Å². The molecule has 0 amide bonds. The highest BCUT2D eigenvalue weighted by molar-refractivity contribution is 5.57. The van der Waals surface area contributed by atoms with Crippen LogP contribution in [0.2, 0.25) is 0 Å². The van der Waals surface area contributed by atoms with Crippen LogP contribution in [0.4, 0.5) is 4.79 Å². The molecule has 2 unspecified atom stereocenters. The van der Waals surface area contributed by atoms with E-state index in [0.717, 1.165) is 0 Å². The fraction of sp³-hybridized carbons (Fsp3) is 0.857. The molecule has 4 N–H and O–H groups in total. The van der Waals surface area contributed by atoms with Gasteiger partial charge in [0.05, 0.1) is 12.2 Å². The first-order chi connectivity index (χ1) is 6.00. The van der Waals surface area contributed by atoms with Gasteiger partial charge in [0, 0.05) is 12.8 Å². The summed E-state index contributed by atoms with van der Waals surface area (Å²) in [5.74, 6) is 0. The van der Waals surface area contributed by atoms with Crippen molar-refractivity contribution in [1.29, 1.82) is 0 Å². The standard InChI is InChI=1S/C7H12O6/c8-4-1-3(13-7(11)12)2-5(9)6(4)10/h3-6,8-10H,1-2H2,(H,11,12). The monoisotopic (exact) mass is 192 g/mol. The van der Waals surface area contributed by atoms with Gasteiger partial charge >= 0.3 is 6.16 Å². The number of rotatable bonds is 1. The molecule has 0 aromatic carbocycles. The molecule has 0 aliphatic heterocycles. The van der Waals surface area contributed by atoms with Gasteiger partial charge in [0.1, 0.15) is 12.2 Å². The Morgan fingerprint density at radius 3 is 2.00 bits per heavy atom. The lowest BCUT2D eigenvalue weighted by Crippen LogP contribution is -2.47. The summed E-state index contributed by atoms with van der Waals surface area (Å²) < 4.78 is 4.37. The summed E-state index contributed by atoms with van der Waals surface area (Å²) in [6.45, 7) is 0. The molecule has 1 rings (SSSR count). The molecule has 0 heterocycles. The second kappa shape index (κ2) is 3.91. The van der Waals surface area contributed by atoms with Crippen LogP contribution < -0.4 is 0 Å². The van der Waals surface area contributed by atoms with Gasteiger partial charge < -0.3 is 25.2 Å². The van der Waals surface area contributed by atoms with Crippen LogP contribution in [0, 0.1) is 0 Å². The molecule has 1 fully saturated rings. The van der Waals surface area contributed by atoms with E-state index in [2.05, 4.69) is 4.74 Å². The van der Waals surface area contributed by atoms with Crippen LogP contribution in [-0.4, -0.2) is 51.0 Å². The maximum atomic E-state index is 10.1. The van der Waals surface area contributed by atoms with Gasteiger partial charge in [-0.15, -0.1) is 0 Å². The van der Waals surface area contributed by atoms with Gasteiger partial charge in [-0.05, 0) is 0 Å². The van der Waals surface area contributed by atoms with Crippen LogP contribution in [0.1, 0.15) is 12.8 Å². The van der Waals surface area contributed by atoms with Crippen molar-refractivity contribution in [3.8, 4) is 0 Å². The third kappa shape index (κ3) is 2.55. The zero-order valence-electron chi connectivity index (χ0n) is 6.83. The fourth-order valence-corrected chi connectivity index (χ4v) is 1.41. The molecule has 6 nitrogen and oxygen atoms in total. The molecular formula is C7H12O6. The Kier molecular flexibility index (Phi) is 3.07. The van der Waals surface area contributed by atoms with E-state index < -0.39 is 30.6 Å². The molecule has 0 spiro atoms. The number of carbonyl (C=O) groups is 1. The second-order valence-electron chi connectivity index (χ2n) is 3.10. The molecule has 76 valence electrons. The van der Waals surface area contributed by atoms with E-state index in [1.807, 2.05) is 0 Å². The number of aliphatic hydroxyl groups is 3. The molecular weight excluding hydrogens is 180 g/mol. The Bertz CT molecular complexity index is 181. The first kappa shape index (κ1) is 10.2. The maximum absolute atomic E-state index is 10.1. The first-order valence-corrected chi connectivity index (χ1v) is 3.94. The number of carboxylic acid groups (broad SMARTS) is 1. The SMILES string of the molecule is O=C(O)OC1CC(O)C(O)C(O)C1. The highest BCUT2D eigenvalue weighted by atomic mass is 16.7. The third-order valence-electron chi connectivity index (χ3n) is 2.06. The van der Waals surface area contributed by atoms with Crippen molar-refractivity contribution in [3.05, 3.63) is 0 Å². The minimum atomic E-state index is -1.44. The maximum Gasteiger partial charge on any atom is 0.506 e. The number of hydrogen-bond donors (Lipinski definition) is 4. The topological polar surface area (TPSA) is 107 Å². The Morgan fingerprint density at radius 2 is 1.62 bits per heavy atom. The summed E-state index contributed by atoms with van der Waals surface area (Å²) in [6, 6.07) is 0. The zero-order valence-corrected chi connectivity index (χ0v) is 6.83. The van der Waals surface area contributed by atoms with Gasteiger partial charge in [-0.25, -0.2) is 4.79 Å². The summed E-state index contributed by atoms with van der Waals surface area (Å²) >= 11 is 0. The van der Waals surface area contributed by atoms with E-state index in [4.69, 9.17) is 20.4 Å². The summed E-state index contributed by atoms with van der Waals surface area (Å²) in [6.07, 6.45) is -5.63. The summed E-state index contributed by atoms with van der Waals surface area (Å²) in [4.78, 5) is 10.1. The Hall–Kier alpha value is -0.850. The predicted molar refractivity (Wildman–Crippen MR) is 40.2 cm³/mol. The van der Waals surface area contributed by atoms with Crippen LogP contribution in [0.15, 0.2) is 0 Å². The largest absolute Gasteiger partial charge is 0.506 e. The van der Waals surface area contributed by atoms with Gasteiger partial charge in [0.25, 0.3) is 0 Å². The summed E-state index contributed by atoms with van der Waals surface area (Å²) in [5.41, 5.74) is 0. The van der Waals surface area contributed by atoms with Crippen molar-refractivity contribution in [2.45, 2.75) is 37.3 Å². The number of hydrogen-bond acceptors (Lipinski definition) is 5. The average molecular weight is 192 g/mol. The second-order valence-corrected chi connectivity index (χ2v) is 3.10. The molecule has 1 aliphatic rings. The molecule has 0 aromatic heterocycles. The van der Waals surface area contributed by atoms with Crippen LogP contribution in [-0.2, 0) is 4.74 Å². The van der Waals surface area contributed by atoms with Crippen LogP contribution >= 0.6 is 0 Å². The number of ether oxygens (including phenoxy) is 1. The number of aliphatic hydroxyl groups excluding tert-OH is 3. The predicted octanol–water partition coefficient (Wildman–Crippen LogP) is -1.07. The Balaban J connectivity index is 2.48. The van der Waals surface area contributed by atoms with Crippen molar-refractivity contribution in [2.24, 2.45) is 0 Å². The van der Waals surface area contributed by atoms with Gasteiger partial charge in [-0.3, -0.25) is 0 Å². The molecule has 0 saturated heterocycles. The minimum absolute atomic E-state index is 0.0184. The minimum Gasteiger partial charge on any atom is -0.450 e. The fourth-order valence-electron chi connectivity index (χ4n) is 1.41. The molecule has 1 aliphatic carbocycles. The molecule has 0 radical (unpaired) electrons. The molecule has 6 heteroatoms. The highest BCUT2D eigenvalue weighted by Gasteiger charge is 2.36. The van der Waals surface area contributed by atoms with Crippen molar-refractivity contribution in [1.82, 2.24) is 0 Å². The van der Waals surface area contributed by atoms with Crippen molar-refractivity contribution >= 4 is 6.16 Å². The summed E-state index contributed by atoms with van der Waals surface area (Å²) in [7, 11) is 0. The van der Waals surface area contributed by atoms with Gasteiger partial charge in [0.2, 0.25) is 0 Å². The smallest absolute Gasteiger partial charge is 0.450 e. The van der Waals surface area contributed by atoms with Gasteiger partial charge in [-0.2, -0.15) is 0 Å². The summed E-state index contributed by atoms with van der Waals surface area (Å²) in [5, 5.41) is 35.6. The van der Waals surface area contributed by atoms with E-state index in [0.29, 0.717) is 0 Å². The quantitative estimate of drug-likeness (QED) is 0.394. The van der Waals surface area contributed by atoms with E-state index in [1.165, 1.54) is 0 Å². The van der Waals surface area contributed by atoms with Crippen molar-refractivity contribution in [2.75, 3.05) is 0 Å². The van der Waals surface area contributed by atoms with Gasteiger partial charge in [0.15, 0.2) is 0 Å². The van der Waals surface area contributed by atoms with Crippen molar-refractivity contribution in [3.63, 3.8) is 0 Å². The average Bonchev–Trinajstić information content (AvgIpc) is 1.98. The Morgan fingerprint density at radius 1 is 1.15 bits per heavy atom. The van der Waals surface area contributed by atoms with Crippen LogP contribution in [0.3, 0.4) is 0 Å². The first-order valence-electron chi connectivity index (χ1n) is 3.94. The highest BCUT2D eigenvalue weighted by Crippen LogP contribution is 2.22. The van der Waals surface area contributed by atoms with Crippen molar-refractivity contribution < 1.29 is 30.0 Å². The lowest BCUT2D eigenvalue weighted by molar-refractivity contribution is -0.121. The molecule has 2 atom stereocenters. The van der Waals surface area contributed by atoms with E-state index in [1.54, 1.807) is 0 Å². The van der Waals surface area contributed by atoms with E-state index >= 15 is 0 Å². The third-order valence-corrected chi connectivity index (χ3v) is 2.06. The van der Waals surface area contributed by atoms with E-state index in [-0.39, 0.29) is 12.8 Å². The molecule has 13 heavy (non-hydrogen) atoms. The molecule has 0 aromatic rings.